The largest absolute Gasteiger partial charge is 0.381 e. The van der Waals surface area contributed by atoms with Gasteiger partial charge in [0.05, 0.1) is 71.5 Å². The molecule has 0 aliphatic carbocycles. The second kappa shape index (κ2) is 37.0. The summed E-state index contributed by atoms with van der Waals surface area (Å²) in [6.45, 7) is 7.21. The normalized spacial score (nSPS) is 16.2. The van der Waals surface area contributed by atoms with Crippen LogP contribution in [0.25, 0.3) is 0 Å². The molecule has 0 heterocycles. The Hall–Kier alpha value is -0.440. The van der Waals surface area contributed by atoms with Crippen molar-refractivity contribution in [2.24, 2.45) is 5.41 Å². The minimum atomic E-state index is -0.519. The zero-order chi connectivity index (χ0) is 38.8. The van der Waals surface area contributed by atoms with Crippen molar-refractivity contribution in [3.05, 3.63) is 0 Å². The molecule has 2 atom stereocenters. The van der Waals surface area contributed by atoms with Crippen molar-refractivity contribution < 1.29 is 64.4 Å². The summed E-state index contributed by atoms with van der Waals surface area (Å²) in [6, 6.07) is 0. The number of hydrogen-bond donors (Lipinski definition) is 0. The highest BCUT2D eigenvalue weighted by Crippen LogP contribution is 2.20. The summed E-state index contributed by atoms with van der Waals surface area (Å²) >= 11 is 0. The molecular weight excluding hydrogens is 572 g/mol. The van der Waals surface area contributed by atoms with Crippen LogP contribution in [-0.4, -0.2) is 144 Å². The Morgan fingerprint density at radius 1 is 0.364 bits per heavy atom. The lowest BCUT2D eigenvalue weighted by molar-refractivity contribution is -0.105. The lowest BCUT2D eigenvalue weighted by Gasteiger charge is -2.32. The Kier molecular flexibility index (Phi) is 27.0. The van der Waals surface area contributed by atoms with Crippen molar-refractivity contribution in [1.29, 1.82) is 0 Å². The van der Waals surface area contributed by atoms with E-state index in [0.717, 1.165) is 0 Å². The van der Waals surface area contributed by atoms with Crippen LogP contribution in [0, 0.1) is 5.41 Å². The summed E-state index contributed by atoms with van der Waals surface area (Å²) in [4.78, 5) is 0. The van der Waals surface area contributed by atoms with Crippen LogP contribution in [0.4, 0.5) is 0 Å². The Bertz CT molecular complexity index is 617. The molecule has 2 unspecified atom stereocenters. The molecule has 0 radical (unpaired) electrons. The van der Waals surface area contributed by atoms with E-state index < -0.39 is 5.41 Å². The molecule has 270 valence electrons. The van der Waals surface area contributed by atoms with Gasteiger partial charge in [0, 0.05) is 71.8 Å². The predicted molar refractivity (Wildman–Crippen MR) is 176 cm³/mol. The van der Waals surface area contributed by atoms with Gasteiger partial charge in [-0.25, -0.2) is 0 Å². The van der Waals surface area contributed by atoms with E-state index in [1.807, 2.05) is 0 Å². The SMILES string of the molecule is C.[2H]CCOCC(COCC(COCC(COCC[2H])OCC[2H])OCC[2H])OCC[2H].[2H]CCOCC(COCC[2H])(COCC[2H])COCC[2H]. The molecule has 44 heavy (non-hydrogen) atoms. The molecule has 0 aromatic carbocycles. The van der Waals surface area contributed by atoms with Crippen LogP contribution in [0.5, 0.6) is 0 Å². The first-order valence-electron chi connectivity index (χ1n) is 20.9. The lowest BCUT2D eigenvalue weighted by atomic mass is 9.92. The standard InChI is InChI=1S/C19H40O7.C13H28O4.CH4/c1-6-20-11-17(24-8-3)13-22-15-19(26-10-5)16-23-14-18(25-9-4)12-21-7-2;1-5-14-9-13(10-15-6-2,11-16-7-3)12-17-8-4;/h17-19H,6-16H2,1-5H3;5-12H2,1-4H3;1H4/i1D,2D,3D,4D,5D;1D,2D,3D,4D;. The maximum absolute atomic E-state index is 7.28. The third-order valence-corrected chi connectivity index (χ3v) is 5.38. The minimum Gasteiger partial charge on any atom is -0.381 e. The summed E-state index contributed by atoms with van der Waals surface area (Å²) < 4.78 is 125. The van der Waals surface area contributed by atoms with Gasteiger partial charge in [-0.15, -0.1) is 0 Å². The van der Waals surface area contributed by atoms with Gasteiger partial charge in [-0.05, 0) is 62.1 Å². The van der Waals surface area contributed by atoms with Gasteiger partial charge in [-0.1, -0.05) is 7.43 Å². The number of ether oxygens (including phenoxy) is 11. The van der Waals surface area contributed by atoms with Crippen molar-refractivity contribution in [2.45, 2.75) is 87.8 Å². The van der Waals surface area contributed by atoms with Crippen LogP contribution in [0.15, 0.2) is 0 Å². The molecule has 0 aliphatic heterocycles. The van der Waals surface area contributed by atoms with Crippen LogP contribution in [0.1, 0.15) is 81.9 Å². The fraction of sp³-hybridized carbons (Fsp3) is 1.00. The monoisotopic (exact) mass is 654 g/mol. The van der Waals surface area contributed by atoms with Crippen LogP contribution in [0.2, 0.25) is 0 Å². The maximum atomic E-state index is 7.28. The van der Waals surface area contributed by atoms with Crippen molar-refractivity contribution in [3.63, 3.8) is 0 Å². The van der Waals surface area contributed by atoms with Crippen molar-refractivity contribution in [2.75, 3.05) is 126 Å². The van der Waals surface area contributed by atoms with E-state index in [9.17, 15) is 0 Å². The van der Waals surface area contributed by atoms with Gasteiger partial charge in [0.25, 0.3) is 0 Å². The smallest absolute Gasteiger partial charge is 0.104 e. The van der Waals surface area contributed by atoms with E-state index in [2.05, 4.69) is 0 Å². The quantitative estimate of drug-likeness (QED) is 0.0911. The van der Waals surface area contributed by atoms with E-state index in [4.69, 9.17) is 64.4 Å². The Labute approximate surface area is 283 Å². The number of rotatable bonds is 32. The average Bonchev–Trinajstić information content (AvgIpc) is 3.15. The zero-order valence-corrected chi connectivity index (χ0v) is 26.5. The highest BCUT2D eigenvalue weighted by Gasteiger charge is 2.32. The Morgan fingerprint density at radius 3 is 0.886 bits per heavy atom. The van der Waals surface area contributed by atoms with Crippen molar-refractivity contribution in [3.8, 4) is 0 Å². The summed E-state index contributed by atoms with van der Waals surface area (Å²) in [6.07, 6.45) is -1.03. The molecular formula is C33H72O11. The molecule has 0 spiro atoms. The molecule has 11 heteroatoms. The van der Waals surface area contributed by atoms with E-state index in [-0.39, 0.29) is 134 Å². The van der Waals surface area contributed by atoms with Gasteiger partial charge in [0.2, 0.25) is 0 Å². The maximum Gasteiger partial charge on any atom is 0.104 e. The first-order chi connectivity index (χ1) is 25.5. The summed E-state index contributed by atoms with van der Waals surface area (Å²) in [7, 11) is 0. The fourth-order valence-electron chi connectivity index (χ4n) is 3.43. The number of hydrogen-bond acceptors (Lipinski definition) is 11. The molecule has 0 aliphatic rings. The van der Waals surface area contributed by atoms with Crippen LogP contribution in [-0.2, 0) is 52.1 Å². The highest BCUT2D eigenvalue weighted by atomic mass is 16.6. The highest BCUT2D eigenvalue weighted by molar-refractivity contribution is 4.79. The van der Waals surface area contributed by atoms with Crippen LogP contribution in [0.3, 0.4) is 0 Å². The van der Waals surface area contributed by atoms with Gasteiger partial charge in [-0.3, -0.25) is 0 Å². The molecule has 0 N–H and O–H groups in total. The zero-order valence-electron chi connectivity index (χ0n) is 35.5. The third kappa shape index (κ3) is 29.0. The van der Waals surface area contributed by atoms with Crippen molar-refractivity contribution >= 4 is 0 Å². The molecule has 0 aromatic rings. The fourth-order valence-corrected chi connectivity index (χ4v) is 3.43. The van der Waals surface area contributed by atoms with E-state index in [1.165, 1.54) is 0 Å². The molecule has 0 rings (SSSR count). The first kappa shape index (κ1) is 32.1. The second-order valence-electron chi connectivity index (χ2n) is 8.91. The van der Waals surface area contributed by atoms with E-state index in [0.29, 0.717) is 79.3 Å². The molecule has 0 aromatic heterocycles. The topological polar surface area (TPSA) is 102 Å². The van der Waals surface area contributed by atoms with E-state index in [1.54, 1.807) is 0 Å². The van der Waals surface area contributed by atoms with Gasteiger partial charge in [0.15, 0.2) is 0 Å². The third-order valence-electron chi connectivity index (χ3n) is 5.38. The molecule has 0 saturated carbocycles. The van der Waals surface area contributed by atoms with Gasteiger partial charge in [0.1, 0.15) is 18.3 Å². The minimum absolute atomic E-state index is 0. The molecule has 11 nitrogen and oxygen atoms in total. The van der Waals surface area contributed by atoms with Gasteiger partial charge in [-0.2, -0.15) is 0 Å². The van der Waals surface area contributed by atoms with Crippen LogP contribution < -0.4 is 0 Å². The second-order valence-corrected chi connectivity index (χ2v) is 8.91. The Balaban J connectivity index is -0.000000994. The molecule has 0 amide bonds. The average molecular weight is 654 g/mol. The lowest BCUT2D eigenvalue weighted by Crippen LogP contribution is -2.41. The van der Waals surface area contributed by atoms with Crippen LogP contribution >= 0.6 is 0 Å². The van der Waals surface area contributed by atoms with Crippen molar-refractivity contribution in [1.82, 2.24) is 0 Å². The van der Waals surface area contributed by atoms with Gasteiger partial charge < -0.3 is 52.1 Å². The first-order valence-corrected chi connectivity index (χ1v) is 14.6. The molecule has 0 fully saturated rings. The van der Waals surface area contributed by atoms with Gasteiger partial charge >= 0.3 is 0 Å². The predicted octanol–water partition coefficient (Wildman–Crippen LogP) is 5.06. The van der Waals surface area contributed by atoms with E-state index >= 15 is 0 Å². The summed E-state index contributed by atoms with van der Waals surface area (Å²) in [5, 5.41) is 0. The summed E-state index contributed by atoms with van der Waals surface area (Å²) in [5.41, 5.74) is -0.519. The molecule has 0 saturated heterocycles. The summed E-state index contributed by atoms with van der Waals surface area (Å²) in [5.74, 6) is 0. The molecule has 0 bridgehead atoms. The Morgan fingerprint density at radius 2 is 0.614 bits per heavy atom.